The molecule has 2 aromatic carbocycles. The number of nitrogens with two attached hydrogens (primary N) is 1. The van der Waals surface area contributed by atoms with Gasteiger partial charge in [-0.3, -0.25) is 9.59 Å². The van der Waals surface area contributed by atoms with Gasteiger partial charge in [0.15, 0.2) is 0 Å². The third-order valence-corrected chi connectivity index (χ3v) is 6.77. The maximum atomic E-state index is 13.4. The van der Waals surface area contributed by atoms with E-state index in [1.807, 2.05) is 24.3 Å². The number of para-hydroxylation sites is 1. The van der Waals surface area contributed by atoms with Crippen LogP contribution in [-0.2, 0) is 16.0 Å². The summed E-state index contributed by atoms with van der Waals surface area (Å²) in [6.07, 6.45) is 0.391. The van der Waals surface area contributed by atoms with Crippen LogP contribution in [-0.4, -0.2) is 60.6 Å². The number of hydrogen-bond donors (Lipinski definition) is 3. The first-order chi connectivity index (χ1) is 16.7. The number of hydrogen-bond acceptors (Lipinski definition) is 5. The molecule has 0 aliphatic carbocycles. The van der Waals surface area contributed by atoms with Gasteiger partial charge in [-0.15, -0.1) is 0 Å². The van der Waals surface area contributed by atoms with Crippen LogP contribution < -0.4 is 16.0 Å². The minimum Gasteiger partial charge on any atom is -0.388 e. The van der Waals surface area contributed by atoms with Crippen LogP contribution in [0.5, 0.6) is 0 Å². The lowest BCUT2D eigenvalue weighted by Crippen LogP contribution is -2.56. The van der Waals surface area contributed by atoms with Gasteiger partial charge >= 0.3 is 0 Å². The number of halogens is 2. The molecule has 0 radical (unpaired) electrons. The molecule has 0 spiro atoms. The van der Waals surface area contributed by atoms with Crippen molar-refractivity contribution in [2.75, 3.05) is 37.6 Å². The molecular formula is C26H34Cl2N4O3. The maximum absolute atomic E-state index is 13.4. The van der Waals surface area contributed by atoms with Crippen LogP contribution in [0.15, 0.2) is 42.5 Å². The highest BCUT2D eigenvalue weighted by atomic mass is 35.5. The maximum Gasteiger partial charge on any atom is 0.245 e. The molecule has 1 unspecified atom stereocenters. The Bertz CT molecular complexity index is 1030. The molecule has 0 aromatic heterocycles. The molecule has 7 nitrogen and oxygen atoms in total. The van der Waals surface area contributed by atoms with Crippen molar-refractivity contribution in [2.45, 2.75) is 38.8 Å². The molecule has 1 heterocycles. The molecule has 0 saturated carbocycles. The normalized spacial score (nSPS) is 15.7. The summed E-state index contributed by atoms with van der Waals surface area (Å²) in [5.74, 6) is -0.201. The van der Waals surface area contributed by atoms with E-state index in [4.69, 9.17) is 28.9 Å². The van der Waals surface area contributed by atoms with Crippen LogP contribution in [0.25, 0.3) is 0 Å². The van der Waals surface area contributed by atoms with Gasteiger partial charge in [-0.1, -0.05) is 61.3 Å². The van der Waals surface area contributed by atoms with Gasteiger partial charge in [-0.2, -0.15) is 0 Å². The lowest BCUT2D eigenvalue weighted by molar-refractivity contribution is -0.136. The second kappa shape index (κ2) is 12.6. The molecule has 35 heavy (non-hydrogen) atoms. The third kappa shape index (κ3) is 7.34. The second-order valence-corrected chi connectivity index (χ2v) is 10.1. The van der Waals surface area contributed by atoms with E-state index in [0.717, 1.165) is 16.8 Å². The monoisotopic (exact) mass is 520 g/mol. The molecule has 2 aromatic rings. The third-order valence-electron chi connectivity index (χ3n) is 6.18. The Kier molecular flexibility index (Phi) is 9.80. The Morgan fingerprint density at radius 1 is 1.09 bits per heavy atom. The zero-order valence-electron chi connectivity index (χ0n) is 20.2. The van der Waals surface area contributed by atoms with Crippen LogP contribution in [0.4, 0.5) is 5.69 Å². The summed E-state index contributed by atoms with van der Waals surface area (Å²) in [5.41, 5.74) is 8.11. The number of benzene rings is 2. The zero-order valence-corrected chi connectivity index (χ0v) is 21.7. The van der Waals surface area contributed by atoms with Gasteiger partial charge in [0.2, 0.25) is 11.8 Å². The first-order valence-corrected chi connectivity index (χ1v) is 12.7. The number of aliphatic hydroxyl groups excluding tert-OH is 1. The largest absolute Gasteiger partial charge is 0.388 e. The Hall–Kier alpha value is -2.32. The van der Waals surface area contributed by atoms with Crippen molar-refractivity contribution >= 4 is 40.7 Å². The topological polar surface area (TPSA) is 98.9 Å². The minimum atomic E-state index is -0.781. The molecule has 1 fully saturated rings. The van der Waals surface area contributed by atoms with Gasteiger partial charge in [-0.25, -0.2) is 0 Å². The van der Waals surface area contributed by atoms with Crippen molar-refractivity contribution in [1.29, 1.82) is 0 Å². The van der Waals surface area contributed by atoms with Crippen LogP contribution in [0.1, 0.15) is 37.5 Å². The molecule has 0 bridgehead atoms. The van der Waals surface area contributed by atoms with Crippen molar-refractivity contribution in [3.63, 3.8) is 0 Å². The van der Waals surface area contributed by atoms with Crippen LogP contribution in [0.3, 0.4) is 0 Å². The van der Waals surface area contributed by atoms with E-state index < -0.39 is 18.1 Å². The second-order valence-electron chi connectivity index (χ2n) is 9.28. The highest BCUT2D eigenvalue weighted by molar-refractivity contribution is 6.35. The number of nitrogens with zero attached hydrogens (tertiary/aromatic N) is 2. The summed E-state index contributed by atoms with van der Waals surface area (Å²) >= 11 is 12.3. The first-order valence-electron chi connectivity index (χ1n) is 11.9. The SMILES string of the molecule is CC(C)CC(O)c1ccccc1N1CCN(C(=O)[C@@H](Cc2ccc(Cl)cc2Cl)NC(=O)CN)CC1. The predicted octanol–water partition coefficient (Wildman–Crippen LogP) is 3.41. The van der Waals surface area contributed by atoms with Gasteiger partial charge in [0.1, 0.15) is 6.04 Å². The van der Waals surface area contributed by atoms with E-state index in [1.54, 1.807) is 23.1 Å². The molecule has 2 amide bonds. The minimum absolute atomic E-state index is 0.175. The molecule has 3 rings (SSSR count). The summed E-state index contributed by atoms with van der Waals surface area (Å²) in [7, 11) is 0. The lowest BCUT2D eigenvalue weighted by Gasteiger charge is -2.39. The molecule has 1 aliphatic heterocycles. The number of rotatable bonds is 9. The summed E-state index contributed by atoms with van der Waals surface area (Å²) in [5, 5.41) is 14.4. The summed E-state index contributed by atoms with van der Waals surface area (Å²) in [6, 6.07) is 12.2. The number of anilines is 1. The molecular weight excluding hydrogens is 487 g/mol. The predicted molar refractivity (Wildman–Crippen MR) is 141 cm³/mol. The van der Waals surface area contributed by atoms with E-state index in [-0.39, 0.29) is 18.9 Å². The van der Waals surface area contributed by atoms with Gasteiger partial charge in [0.05, 0.1) is 12.6 Å². The standard InChI is InChI=1S/C26H34Cl2N4O3/c1-17(2)13-24(33)20-5-3-4-6-23(20)31-9-11-32(12-10-31)26(35)22(30-25(34)16-29)14-18-7-8-19(27)15-21(18)28/h3-8,15,17,22,24,33H,9-14,16,29H2,1-2H3,(H,30,34)/t22-,24?/m1/s1. The summed E-state index contributed by atoms with van der Waals surface area (Å²) in [6.45, 7) is 6.21. The number of amides is 2. The van der Waals surface area contributed by atoms with Crippen molar-refractivity contribution in [3.8, 4) is 0 Å². The van der Waals surface area contributed by atoms with E-state index in [0.29, 0.717) is 48.6 Å². The summed E-state index contributed by atoms with van der Waals surface area (Å²) < 4.78 is 0. The number of piperazine rings is 1. The van der Waals surface area contributed by atoms with Crippen LogP contribution >= 0.6 is 23.2 Å². The van der Waals surface area contributed by atoms with E-state index in [9.17, 15) is 14.7 Å². The van der Waals surface area contributed by atoms with Crippen molar-refractivity contribution in [3.05, 3.63) is 63.6 Å². The average molecular weight is 521 g/mol. The molecule has 1 aliphatic rings. The summed E-state index contributed by atoms with van der Waals surface area (Å²) in [4.78, 5) is 29.4. The highest BCUT2D eigenvalue weighted by Crippen LogP contribution is 2.31. The van der Waals surface area contributed by atoms with Crippen molar-refractivity contribution in [2.24, 2.45) is 11.7 Å². The Morgan fingerprint density at radius 2 is 1.77 bits per heavy atom. The molecule has 1 saturated heterocycles. The molecule has 190 valence electrons. The van der Waals surface area contributed by atoms with Gasteiger partial charge in [0, 0.05) is 53.9 Å². The van der Waals surface area contributed by atoms with Gasteiger partial charge in [0.25, 0.3) is 0 Å². The van der Waals surface area contributed by atoms with Crippen molar-refractivity contribution < 1.29 is 14.7 Å². The smallest absolute Gasteiger partial charge is 0.245 e. The van der Waals surface area contributed by atoms with Crippen molar-refractivity contribution in [1.82, 2.24) is 10.2 Å². The fourth-order valence-corrected chi connectivity index (χ4v) is 4.87. The molecule has 9 heteroatoms. The molecule has 2 atom stereocenters. The Labute approximate surface area is 217 Å². The van der Waals surface area contributed by atoms with Gasteiger partial charge in [-0.05, 0) is 36.1 Å². The number of aliphatic hydroxyl groups is 1. The molecule has 4 N–H and O–H groups in total. The fourth-order valence-electron chi connectivity index (χ4n) is 4.38. The van der Waals surface area contributed by atoms with E-state index in [1.165, 1.54) is 0 Å². The quantitative estimate of drug-likeness (QED) is 0.470. The van der Waals surface area contributed by atoms with E-state index in [2.05, 4.69) is 24.1 Å². The number of carbonyl (C=O) groups excluding carboxylic acids is 2. The average Bonchev–Trinajstić information content (AvgIpc) is 2.84. The van der Waals surface area contributed by atoms with Gasteiger partial charge < -0.3 is 26.0 Å². The van der Waals surface area contributed by atoms with Crippen LogP contribution in [0, 0.1) is 5.92 Å². The lowest BCUT2D eigenvalue weighted by atomic mass is 9.97. The Morgan fingerprint density at radius 3 is 2.40 bits per heavy atom. The van der Waals surface area contributed by atoms with Crippen LogP contribution in [0.2, 0.25) is 10.0 Å². The Balaban J connectivity index is 1.71. The first kappa shape index (κ1) is 27.3. The fraction of sp³-hybridized carbons (Fsp3) is 0.462. The highest BCUT2D eigenvalue weighted by Gasteiger charge is 2.30. The number of nitrogens with one attached hydrogen (secondary N) is 1. The zero-order chi connectivity index (χ0) is 25.5. The number of carbonyl (C=O) groups is 2. The van der Waals surface area contributed by atoms with E-state index >= 15 is 0 Å².